The second kappa shape index (κ2) is 14.7. The smallest absolute Gasteiger partial charge is 0.247 e. The monoisotopic (exact) mass is 583 g/mol. The van der Waals surface area contributed by atoms with E-state index in [4.69, 9.17) is 4.74 Å². The molecule has 3 aliphatic heterocycles. The summed E-state index contributed by atoms with van der Waals surface area (Å²) >= 11 is 0. The molecule has 3 aliphatic rings. The van der Waals surface area contributed by atoms with Gasteiger partial charge in [-0.3, -0.25) is 24.1 Å². The number of nitrogens with zero attached hydrogens (tertiary/aromatic N) is 2. The van der Waals surface area contributed by atoms with Crippen LogP contribution in [0.25, 0.3) is 6.08 Å². The lowest BCUT2D eigenvalue weighted by Gasteiger charge is -2.35. The molecule has 232 valence electrons. The topological polar surface area (TPSA) is 120 Å². The Hall–Kier alpha value is -3.40. The van der Waals surface area contributed by atoms with Gasteiger partial charge in [-0.05, 0) is 55.6 Å². The molecule has 10 heteroatoms. The summed E-state index contributed by atoms with van der Waals surface area (Å²) in [6.07, 6.45) is 4.63. The highest BCUT2D eigenvalue weighted by atomic mass is 16.5. The van der Waals surface area contributed by atoms with Gasteiger partial charge in [-0.25, -0.2) is 0 Å². The van der Waals surface area contributed by atoms with Gasteiger partial charge in [-0.15, -0.1) is 0 Å². The molecule has 3 N–H and O–H groups in total. The van der Waals surface area contributed by atoms with Crippen molar-refractivity contribution in [1.29, 1.82) is 0 Å². The van der Waals surface area contributed by atoms with Crippen LogP contribution in [0.3, 0.4) is 0 Å². The van der Waals surface area contributed by atoms with Crippen molar-refractivity contribution in [2.75, 3.05) is 20.6 Å². The molecule has 0 aliphatic carbocycles. The molecule has 3 heterocycles. The summed E-state index contributed by atoms with van der Waals surface area (Å²) in [6.45, 7) is 12.0. The molecule has 1 fully saturated rings. The van der Waals surface area contributed by atoms with E-state index in [0.717, 1.165) is 12.0 Å². The lowest BCUT2D eigenvalue weighted by atomic mass is 9.95. The summed E-state index contributed by atoms with van der Waals surface area (Å²) in [7, 11) is 3.72. The van der Waals surface area contributed by atoms with Crippen LogP contribution in [0.2, 0.25) is 0 Å². The van der Waals surface area contributed by atoms with Gasteiger partial charge in [-0.2, -0.15) is 0 Å². The van der Waals surface area contributed by atoms with Gasteiger partial charge in [0, 0.05) is 19.2 Å². The first-order chi connectivity index (χ1) is 19.9. The van der Waals surface area contributed by atoms with Gasteiger partial charge in [0.25, 0.3) is 0 Å². The molecule has 1 aromatic carbocycles. The maximum Gasteiger partial charge on any atom is 0.247 e. The molecule has 1 saturated heterocycles. The van der Waals surface area contributed by atoms with Crippen molar-refractivity contribution >= 4 is 29.7 Å². The van der Waals surface area contributed by atoms with Crippen molar-refractivity contribution in [3.63, 3.8) is 0 Å². The van der Waals surface area contributed by atoms with Gasteiger partial charge in [0.2, 0.25) is 23.6 Å². The minimum atomic E-state index is -0.979. The molecule has 2 bridgehead atoms. The standard InChI is InChI=1S/C32H49N5O5/c1-9-20(5)26-29(38)33-17-15-22-11-13-23(14-12-22)42-24-16-18-37(28(24)31(40)35-26)32(41)25(19(3)4)34-30(39)27(36(7)8)21(6)10-2/h11-15,17,19-21,24-28H,9-10,16,18H2,1-8H3,(H,33,38)(H,34,39)(H,35,40)/b17-15-/t20?,21?,24-,25+,26+,27+,28+/m1/s1. The first kappa shape index (κ1) is 33.1. The zero-order valence-electron chi connectivity index (χ0n) is 26.3. The summed E-state index contributed by atoms with van der Waals surface area (Å²) < 4.78 is 6.30. The van der Waals surface area contributed by atoms with Gasteiger partial charge < -0.3 is 25.6 Å². The first-order valence-corrected chi connectivity index (χ1v) is 15.2. The Kier molecular flexibility index (Phi) is 11.6. The average molecular weight is 584 g/mol. The maximum absolute atomic E-state index is 14.2. The van der Waals surface area contributed by atoms with E-state index < -0.39 is 36.2 Å². The van der Waals surface area contributed by atoms with Crippen LogP contribution in [0, 0.1) is 17.8 Å². The van der Waals surface area contributed by atoms with Gasteiger partial charge in [0.1, 0.15) is 30.0 Å². The second-order valence-corrected chi connectivity index (χ2v) is 12.2. The van der Waals surface area contributed by atoms with Gasteiger partial charge >= 0.3 is 0 Å². The third kappa shape index (κ3) is 7.70. The fourth-order valence-corrected chi connectivity index (χ4v) is 5.68. The Morgan fingerprint density at radius 2 is 1.71 bits per heavy atom. The van der Waals surface area contributed by atoms with Crippen LogP contribution in [-0.4, -0.2) is 84.3 Å². The van der Waals surface area contributed by atoms with Crippen LogP contribution >= 0.6 is 0 Å². The second-order valence-electron chi connectivity index (χ2n) is 12.2. The summed E-state index contributed by atoms with van der Waals surface area (Å²) in [6, 6.07) is 4.34. The number of carbonyl (C=O) groups is 4. The largest absolute Gasteiger partial charge is 0.488 e. The minimum Gasteiger partial charge on any atom is -0.488 e. The van der Waals surface area contributed by atoms with E-state index in [9.17, 15) is 19.2 Å². The fourth-order valence-electron chi connectivity index (χ4n) is 5.68. The number of nitrogens with one attached hydrogen (secondary N) is 3. The van der Waals surface area contributed by atoms with Crippen LogP contribution in [0.15, 0.2) is 30.5 Å². The zero-order valence-corrected chi connectivity index (χ0v) is 26.3. The summed E-state index contributed by atoms with van der Waals surface area (Å²) in [5.41, 5.74) is 0.882. The number of benzene rings is 1. The Balaban J connectivity index is 1.96. The van der Waals surface area contributed by atoms with Crippen molar-refractivity contribution in [3.05, 3.63) is 36.0 Å². The van der Waals surface area contributed by atoms with E-state index in [2.05, 4.69) is 16.0 Å². The Labute approximate surface area is 250 Å². The Morgan fingerprint density at radius 1 is 1.05 bits per heavy atom. The molecule has 4 rings (SSSR count). The van der Waals surface area contributed by atoms with Crippen LogP contribution < -0.4 is 20.7 Å². The molecule has 0 aromatic heterocycles. The molecule has 1 aromatic rings. The highest BCUT2D eigenvalue weighted by molar-refractivity contribution is 5.96. The first-order valence-electron chi connectivity index (χ1n) is 15.2. The quantitative estimate of drug-likeness (QED) is 0.411. The SMILES string of the molecule is CCC(C)[C@@H]1NC(=O)[C@@H]2[C@@H](CCN2C(=O)[C@@H](NC(=O)[C@H](C(C)CC)N(C)C)C(C)C)Oc2ccc(cc2)/C=C\NC1=O. The van der Waals surface area contributed by atoms with Crippen molar-refractivity contribution in [3.8, 4) is 5.75 Å². The summed E-state index contributed by atoms with van der Waals surface area (Å²) in [4.78, 5) is 58.2. The number of hydrogen-bond acceptors (Lipinski definition) is 6. The van der Waals surface area contributed by atoms with E-state index in [-0.39, 0.29) is 42.0 Å². The molecular weight excluding hydrogens is 534 g/mol. The third-order valence-electron chi connectivity index (χ3n) is 8.59. The molecule has 0 saturated carbocycles. The van der Waals surface area contributed by atoms with E-state index in [0.29, 0.717) is 18.6 Å². The van der Waals surface area contributed by atoms with Crippen LogP contribution in [0.4, 0.5) is 0 Å². The van der Waals surface area contributed by atoms with Crippen LogP contribution in [0.1, 0.15) is 66.4 Å². The van der Waals surface area contributed by atoms with E-state index in [1.54, 1.807) is 12.3 Å². The number of amides is 4. The number of likely N-dealkylation sites (N-methyl/N-ethyl adjacent to an activating group) is 1. The zero-order chi connectivity index (χ0) is 31.1. The summed E-state index contributed by atoms with van der Waals surface area (Å²) in [5.74, 6) is -1.04. The van der Waals surface area contributed by atoms with Gasteiger partial charge in [0.15, 0.2) is 0 Å². The number of rotatable bonds is 9. The van der Waals surface area contributed by atoms with E-state index in [1.165, 1.54) is 4.90 Å². The Bertz CT molecular complexity index is 1130. The number of ether oxygens (including phenoxy) is 1. The number of carbonyl (C=O) groups excluding carboxylic acids is 4. The normalized spacial score (nSPS) is 24.5. The summed E-state index contributed by atoms with van der Waals surface area (Å²) in [5, 5.41) is 8.73. The Morgan fingerprint density at radius 3 is 2.29 bits per heavy atom. The van der Waals surface area contributed by atoms with Crippen LogP contribution in [0.5, 0.6) is 5.75 Å². The predicted octanol–water partition coefficient (Wildman–Crippen LogP) is 2.78. The molecule has 0 spiro atoms. The predicted molar refractivity (Wildman–Crippen MR) is 163 cm³/mol. The number of likely N-dealkylation sites (tertiary alicyclic amines) is 1. The van der Waals surface area contributed by atoms with Gasteiger partial charge in [-0.1, -0.05) is 66.5 Å². The lowest BCUT2D eigenvalue weighted by Crippen LogP contribution is -2.61. The molecule has 7 atom stereocenters. The third-order valence-corrected chi connectivity index (χ3v) is 8.59. The highest BCUT2D eigenvalue weighted by Gasteiger charge is 2.47. The average Bonchev–Trinajstić information content (AvgIpc) is 3.37. The number of fused-ring (bicyclic) bond motifs is 7. The van der Waals surface area contributed by atoms with Crippen molar-refractivity contribution in [2.24, 2.45) is 17.8 Å². The molecule has 10 nitrogen and oxygen atoms in total. The van der Waals surface area contributed by atoms with Crippen molar-refractivity contribution < 1.29 is 23.9 Å². The molecule has 0 radical (unpaired) electrons. The van der Waals surface area contributed by atoms with Crippen molar-refractivity contribution in [1.82, 2.24) is 25.8 Å². The number of hydrogen-bond donors (Lipinski definition) is 3. The molecular formula is C32H49N5O5. The molecule has 4 amide bonds. The van der Waals surface area contributed by atoms with Gasteiger partial charge in [0.05, 0.1) is 6.04 Å². The van der Waals surface area contributed by atoms with E-state index in [1.807, 2.05) is 84.8 Å². The van der Waals surface area contributed by atoms with Crippen LogP contribution in [-0.2, 0) is 19.2 Å². The maximum atomic E-state index is 14.2. The van der Waals surface area contributed by atoms with E-state index >= 15 is 0 Å². The molecule has 42 heavy (non-hydrogen) atoms. The lowest BCUT2D eigenvalue weighted by molar-refractivity contribution is -0.145. The van der Waals surface area contributed by atoms with Crippen molar-refractivity contribution in [2.45, 2.75) is 91.1 Å². The molecule has 2 unspecified atom stereocenters. The minimum absolute atomic E-state index is 0.0858. The highest BCUT2D eigenvalue weighted by Crippen LogP contribution is 2.27. The fraction of sp³-hybridized carbons (Fsp3) is 0.625.